The minimum absolute atomic E-state index is 0.0277. The van der Waals surface area contributed by atoms with Gasteiger partial charge in [0.2, 0.25) is 11.8 Å². The molecule has 0 radical (unpaired) electrons. The van der Waals surface area contributed by atoms with Crippen LogP contribution in [0, 0.1) is 5.92 Å². The molecule has 1 aromatic heterocycles. The molecule has 1 aliphatic carbocycles. The summed E-state index contributed by atoms with van der Waals surface area (Å²) in [6.45, 7) is 1.25. The molecule has 5 heteroatoms. The van der Waals surface area contributed by atoms with E-state index in [2.05, 4.69) is 10.3 Å². The summed E-state index contributed by atoms with van der Waals surface area (Å²) in [5, 5.41) is 2.98. The number of nitrogens with zero attached hydrogens (tertiary/aromatic N) is 2. The van der Waals surface area contributed by atoms with Crippen LogP contribution in [-0.2, 0) is 16.0 Å². The first-order valence-electron chi connectivity index (χ1n) is 8.71. The SMILES string of the molecule is O=C(NCCCc1ccccn1)C1CC(=O)N(C2CCCC2)C1. The number of nitrogens with one attached hydrogen (secondary N) is 1. The normalized spacial score (nSPS) is 21.8. The van der Waals surface area contributed by atoms with E-state index >= 15 is 0 Å². The van der Waals surface area contributed by atoms with Gasteiger partial charge in [-0.1, -0.05) is 18.9 Å². The van der Waals surface area contributed by atoms with Crippen LogP contribution in [0.2, 0.25) is 0 Å². The van der Waals surface area contributed by atoms with E-state index in [4.69, 9.17) is 0 Å². The van der Waals surface area contributed by atoms with Gasteiger partial charge in [-0.2, -0.15) is 0 Å². The fourth-order valence-electron chi connectivity index (χ4n) is 3.65. The largest absolute Gasteiger partial charge is 0.356 e. The molecular weight excluding hydrogens is 290 g/mol. The van der Waals surface area contributed by atoms with Crippen LogP contribution in [0.1, 0.15) is 44.2 Å². The molecule has 5 nitrogen and oxygen atoms in total. The number of amides is 2. The van der Waals surface area contributed by atoms with Gasteiger partial charge in [-0.15, -0.1) is 0 Å². The van der Waals surface area contributed by atoms with Gasteiger partial charge in [0.05, 0.1) is 5.92 Å². The summed E-state index contributed by atoms with van der Waals surface area (Å²) >= 11 is 0. The van der Waals surface area contributed by atoms with E-state index in [9.17, 15) is 9.59 Å². The molecule has 2 fully saturated rings. The summed E-state index contributed by atoms with van der Waals surface area (Å²) in [4.78, 5) is 30.6. The third kappa shape index (κ3) is 4.09. The number of hydrogen-bond acceptors (Lipinski definition) is 3. The molecule has 1 atom stereocenters. The predicted octanol–water partition coefficient (Wildman–Crippen LogP) is 1.92. The minimum atomic E-state index is -0.169. The molecule has 1 aliphatic heterocycles. The van der Waals surface area contributed by atoms with Crippen molar-refractivity contribution in [3.05, 3.63) is 30.1 Å². The average Bonchev–Trinajstić information content (AvgIpc) is 3.21. The fraction of sp³-hybridized carbons (Fsp3) is 0.611. The van der Waals surface area contributed by atoms with Gasteiger partial charge in [-0.3, -0.25) is 14.6 Å². The number of aryl methyl sites for hydroxylation is 1. The van der Waals surface area contributed by atoms with Crippen LogP contribution in [0.15, 0.2) is 24.4 Å². The quantitative estimate of drug-likeness (QED) is 0.816. The van der Waals surface area contributed by atoms with E-state index in [1.54, 1.807) is 6.20 Å². The maximum absolute atomic E-state index is 12.3. The average molecular weight is 315 g/mol. The number of likely N-dealkylation sites (tertiary alicyclic amines) is 1. The van der Waals surface area contributed by atoms with Gasteiger partial charge in [-0.25, -0.2) is 0 Å². The molecule has 1 saturated heterocycles. The number of rotatable bonds is 6. The third-order valence-electron chi connectivity index (χ3n) is 4.93. The van der Waals surface area contributed by atoms with Crippen molar-refractivity contribution < 1.29 is 9.59 Å². The van der Waals surface area contributed by atoms with Crippen LogP contribution in [0.25, 0.3) is 0 Å². The van der Waals surface area contributed by atoms with Crippen LogP contribution in [0.3, 0.4) is 0 Å². The van der Waals surface area contributed by atoms with Crippen LogP contribution in [-0.4, -0.2) is 40.8 Å². The number of pyridine rings is 1. The Kier molecular flexibility index (Phi) is 5.26. The van der Waals surface area contributed by atoms with Gasteiger partial charge >= 0.3 is 0 Å². The van der Waals surface area contributed by atoms with Crippen LogP contribution < -0.4 is 5.32 Å². The first-order chi connectivity index (χ1) is 11.2. The summed E-state index contributed by atoms with van der Waals surface area (Å²) in [6.07, 6.45) is 8.51. The van der Waals surface area contributed by atoms with E-state index < -0.39 is 0 Å². The summed E-state index contributed by atoms with van der Waals surface area (Å²) < 4.78 is 0. The lowest BCUT2D eigenvalue weighted by Crippen LogP contribution is -2.37. The minimum Gasteiger partial charge on any atom is -0.356 e. The summed E-state index contributed by atoms with van der Waals surface area (Å²) in [5.74, 6) is 0.0170. The zero-order chi connectivity index (χ0) is 16.1. The number of hydrogen-bond donors (Lipinski definition) is 1. The highest BCUT2D eigenvalue weighted by atomic mass is 16.2. The molecule has 3 rings (SSSR count). The first-order valence-corrected chi connectivity index (χ1v) is 8.71. The summed E-state index contributed by atoms with van der Waals surface area (Å²) in [6, 6.07) is 6.25. The van der Waals surface area contributed by atoms with Gasteiger partial charge < -0.3 is 10.2 Å². The zero-order valence-corrected chi connectivity index (χ0v) is 13.5. The lowest BCUT2D eigenvalue weighted by atomic mass is 10.1. The molecule has 1 saturated carbocycles. The van der Waals surface area contributed by atoms with Gasteiger partial charge in [-0.05, 0) is 37.8 Å². The lowest BCUT2D eigenvalue weighted by molar-refractivity contribution is -0.130. The summed E-state index contributed by atoms with van der Waals surface area (Å²) in [5.41, 5.74) is 1.05. The maximum atomic E-state index is 12.3. The Bertz CT molecular complexity index is 540. The number of carbonyl (C=O) groups is 2. The maximum Gasteiger partial charge on any atom is 0.225 e. The highest BCUT2D eigenvalue weighted by Crippen LogP contribution is 2.29. The Balaban J connectivity index is 1.39. The molecule has 1 N–H and O–H groups in total. The van der Waals surface area contributed by atoms with E-state index in [-0.39, 0.29) is 17.7 Å². The topological polar surface area (TPSA) is 62.3 Å². The van der Waals surface area contributed by atoms with Crippen molar-refractivity contribution in [2.45, 2.75) is 51.0 Å². The smallest absolute Gasteiger partial charge is 0.225 e. The Hall–Kier alpha value is -1.91. The van der Waals surface area contributed by atoms with Crippen LogP contribution >= 0.6 is 0 Å². The van der Waals surface area contributed by atoms with Gasteiger partial charge in [0.25, 0.3) is 0 Å². The van der Waals surface area contributed by atoms with Crippen LogP contribution in [0.4, 0.5) is 0 Å². The van der Waals surface area contributed by atoms with Crippen molar-refractivity contribution in [1.29, 1.82) is 0 Å². The molecular formula is C18H25N3O2. The fourth-order valence-corrected chi connectivity index (χ4v) is 3.65. The Morgan fingerprint density at radius 2 is 2.13 bits per heavy atom. The monoisotopic (exact) mass is 315 g/mol. The molecule has 0 bridgehead atoms. The van der Waals surface area contributed by atoms with E-state index in [1.165, 1.54) is 12.8 Å². The Morgan fingerprint density at radius 3 is 2.87 bits per heavy atom. The van der Waals surface area contributed by atoms with E-state index in [0.29, 0.717) is 25.6 Å². The van der Waals surface area contributed by atoms with Crippen molar-refractivity contribution >= 4 is 11.8 Å². The second kappa shape index (κ2) is 7.57. The Morgan fingerprint density at radius 1 is 1.30 bits per heavy atom. The molecule has 2 amide bonds. The van der Waals surface area contributed by atoms with Crippen molar-refractivity contribution in [2.24, 2.45) is 5.92 Å². The Labute approximate surface area is 137 Å². The molecule has 2 aliphatic rings. The van der Waals surface area contributed by atoms with Crippen molar-refractivity contribution in [1.82, 2.24) is 15.2 Å². The van der Waals surface area contributed by atoms with E-state index in [1.807, 2.05) is 23.1 Å². The second-order valence-corrected chi connectivity index (χ2v) is 6.60. The molecule has 23 heavy (non-hydrogen) atoms. The van der Waals surface area contributed by atoms with E-state index in [0.717, 1.165) is 31.4 Å². The second-order valence-electron chi connectivity index (χ2n) is 6.60. The molecule has 0 aromatic carbocycles. The van der Waals surface area contributed by atoms with Gasteiger partial charge in [0.1, 0.15) is 0 Å². The molecule has 1 aromatic rings. The molecule has 1 unspecified atom stereocenters. The summed E-state index contributed by atoms with van der Waals surface area (Å²) in [7, 11) is 0. The lowest BCUT2D eigenvalue weighted by Gasteiger charge is -2.23. The highest BCUT2D eigenvalue weighted by Gasteiger charge is 2.38. The molecule has 0 spiro atoms. The van der Waals surface area contributed by atoms with Crippen molar-refractivity contribution in [2.75, 3.05) is 13.1 Å². The van der Waals surface area contributed by atoms with Crippen molar-refractivity contribution in [3.63, 3.8) is 0 Å². The number of carbonyl (C=O) groups excluding carboxylic acids is 2. The first kappa shape index (κ1) is 16.0. The van der Waals surface area contributed by atoms with Crippen molar-refractivity contribution in [3.8, 4) is 0 Å². The molecule has 2 heterocycles. The van der Waals surface area contributed by atoms with Crippen LogP contribution in [0.5, 0.6) is 0 Å². The standard InChI is InChI=1S/C18H25N3O2/c22-17-12-14(13-21(17)16-8-1-2-9-16)18(23)20-11-5-7-15-6-3-4-10-19-15/h3-4,6,10,14,16H,1-2,5,7-9,11-13H2,(H,20,23). The van der Waals surface area contributed by atoms with Gasteiger partial charge in [0, 0.05) is 37.4 Å². The highest BCUT2D eigenvalue weighted by molar-refractivity contribution is 5.89. The third-order valence-corrected chi connectivity index (χ3v) is 4.93. The molecule has 124 valence electrons. The van der Waals surface area contributed by atoms with Gasteiger partial charge in [0.15, 0.2) is 0 Å². The number of aromatic nitrogens is 1. The zero-order valence-electron chi connectivity index (χ0n) is 13.5. The predicted molar refractivity (Wildman–Crippen MR) is 87.6 cm³/mol.